The van der Waals surface area contributed by atoms with E-state index in [0.717, 1.165) is 33.8 Å². The molecule has 0 aromatic heterocycles. The Kier molecular flexibility index (Phi) is 13.9. The molecule has 0 radical (unpaired) electrons. The van der Waals surface area contributed by atoms with Crippen molar-refractivity contribution in [1.82, 2.24) is 0 Å². The number of ether oxygens (including phenoxy) is 2. The van der Waals surface area contributed by atoms with Crippen LogP contribution in [0.2, 0.25) is 0 Å². The fourth-order valence-electron chi connectivity index (χ4n) is 10.2. The summed E-state index contributed by atoms with van der Waals surface area (Å²) in [5.74, 6) is 1.89. The normalized spacial score (nSPS) is 12.7. The number of hydrogen-bond acceptors (Lipinski definition) is 2. The first-order valence-corrected chi connectivity index (χ1v) is 27.7. The van der Waals surface area contributed by atoms with E-state index in [4.69, 9.17) is 9.47 Å². The maximum absolute atomic E-state index is 6.03. The minimum absolute atomic E-state index is 0.0606. The van der Waals surface area contributed by atoms with Crippen LogP contribution in [-0.2, 0) is 21.7 Å². The maximum Gasteiger partial charge on any atom is 0.124 e. The molecular formula is C66H76O2P2. The number of benzene rings is 8. The maximum atomic E-state index is 6.03. The van der Waals surface area contributed by atoms with E-state index in [1.165, 1.54) is 86.8 Å². The van der Waals surface area contributed by atoms with Gasteiger partial charge in [0.15, 0.2) is 0 Å². The second-order valence-electron chi connectivity index (χ2n) is 23.8. The van der Waals surface area contributed by atoms with Crippen LogP contribution < -0.4 is 41.3 Å². The lowest BCUT2D eigenvalue weighted by Gasteiger charge is -2.33. The zero-order valence-corrected chi connectivity index (χ0v) is 47.2. The van der Waals surface area contributed by atoms with Crippen LogP contribution in [0.5, 0.6) is 11.5 Å². The average Bonchev–Trinajstić information content (AvgIpc) is 3.28. The predicted octanol–water partition coefficient (Wildman–Crippen LogP) is 15.6. The van der Waals surface area contributed by atoms with Gasteiger partial charge in [0.1, 0.15) is 11.5 Å². The second kappa shape index (κ2) is 19.1. The van der Waals surface area contributed by atoms with Crippen molar-refractivity contribution in [3.63, 3.8) is 0 Å². The molecule has 8 aromatic carbocycles. The number of methoxy groups -OCH3 is 2. The van der Waals surface area contributed by atoms with Gasteiger partial charge in [0.25, 0.3) is 0 Å². The van der Waals surface area contributed by atoms with Crippen LogP contribution >= 0.6 is 15.8 Å². The summed E-state index contributed by atoms with van der Waals surface area (Å²) in [6.45, 7) is 37.2. The zero-order valence-electron chi connectivity index (χ0n) is 45.4. The Hall–Kier alpha value is -5.26. The van der Waals surface area contributed by atoms with Crippen molar-refractivity contribution in [1.29, 1.82) is 0 Å². The van der Waals surface area contributed by atoms with Gasteiger partial charge in [-0.2, -0.15) is 0 Å². The van der Waals surface area contributed by atoms with Crippen LogP contribution in [0, 0.1) is 27.7 Å². The molecule has 0 spiro atoms. The van der Waals surface area contributed by atoms with Crippen molar-refractivity contribution in [3.8, 4) is 22.6 Å². The number of fused-ring (bicyclic) bond motifs is 2. The van der Waals surface area contributed by atoms with Crippen molar-refractivity contribution in [2.75, 3.05) is 14.2 Å². The van der Waals surface area contributed by atoms with Crippen molar-refractivity contribution >= 4 is 69.2 Å². The first kappa shape index (κ1) is 51.1. The summed E-state index contributed by atoms with van der Waals surface area (Å²) in [5.41, 5.74) is 12.5. The third kappa shape index (κ3) is 9.99. The molecule has 0 heterocycles. The fraction of sp³-hybridized carbons (Fsp3) is 0.333. The van der Waals surface area contributed by atoms with Crippen LogP contribution in [0.25, 0.3) is 32.7 Å². The monoisotopic (exact) mass is 963 g/mol. The standard InChI is InChI=1S/C66H76O2P2/c1-41-31-51(32-42(2)61(41)67-17)69(52-33-43(3)62(68-18)44(4)34-52)57-29-27-45-23-19-21-25-55(45)59(57)60-56-26-22-20-24-46(56)28-30-58(60)70(53-37-47(63(5,6)7)35-48(38-53)64(8,9)10)54-39-49(65(11,12)13)36-50(40-54)66(14,15)16/h19-40H,1-18H3. The molecule has 0 aliphatic heterocycles. The Bertz CT molecular complexity index is 3030. The molecule has 0 unspecified atom stereocenters. The Labute approximate surface area is 423 Å². The molecule has 0 aliphatic rings. The smallest absolute Gasteiger partial charge is 0.124 e. The Morgan fingerprint density at radius 1 is 0.329 bits per heavy atom. The first-order valence-electron chi connectivity index (χ1n) is 25.1. The summed E-state index contributed by atoms with van der Waals surface area (Å²) in [4.78, 5) is 0. The highest BCUT2D eigenvalue weighted by molar-refractivity contribution is 7.81. The van der Waals surface area contributed by atoms with Crippen LogP contribution in [0.15, 0.2) is 133 Å². The first-order chi connectivity index (χ1) is 32.8. The lowest BCUT2D eigenvalue weighted by atomic mass is 9.81. The molecule has 0 fully saturated rings. The van der Waals surface area contributed by atoms with E-state index in [1.807, 2.05) is 0 Å². The molecular weight excluding hydrogens is 887 g/mol. The third-order valence-corrected chi connectivity index (χ3v) is 19.0. The minimum atomic E-state index is -1.17. The van der Waals surface area contributed by atoms with Crippen molar-refractivity contribution in [3.05, 3.63) is 178 Å². The molecule has 70 heavy (non-hydrogen) atoms. The fourth-order valence-corrected chi connectivity index (χ4v) is 15.7. The van der Waals surface area contributed by atoms with Gasteiger partial charge in [0.2, 0.25) is 0 Å². The molecule has 0 atom stereocenters. The largest absolute Gasteiger partial charge is 0.496 e. The highest BCUT2D eigenvalue weighted by Crippen LogP contribution is 2.48. The van der Waals surface area contributed by atoms with Crippen molar-refractivity contribution in [2.24, 2.45) is 0 Å². The third-order valence-electron chi connectivity index (χ3n) is 14.2. The van der Waals surface area contributed by atoms with Gasteiger partial charge < -0.3 is 9.47 Å². The van der Waals surface area contributed by atoms with Gasteiger partial charge in [-0.1, -0.05) is 192 Å². The second-order valence-corrected chi connectivity index (χ2v) is 28.2. The molecule has 0 bridgehead atoms. The molecule has 0 N–H and O–H groups in total. The van der Waals surface area contributed by atoms with E-state index in [9.17, 15) is 0 Å². The Balaban J connectivity index is 1.61. The number of aryl methyl sites for hydroxylation is 4. The zero-order chi connectivity index (χ0) is 50.8. The van der Waals surface area contributed by atoms with Gasteiger partial charge >= 0.3 is 0 Å². The van der Waals surface area contributed by atoms with Crippen molar-refractivity contribution < 1.29 is 9.47 Å². The quantitative estimate of drug-likeness (QED) is 0.134. The molecule has 4 heteroatoms. The van der Waals surface area contributed by atoms with Crippen LogP contribution in [0.3, 0.4) is 0 Å². The molecule has 2 nitrogen and oxygen atoms in total. The summed E-state index contributed by atoms with van der Waals surface area (Å²) >= 11 is 0. The SMILES string of the molecule is COc1c(C)cc(P(c2cc(C)c(OC)c(C)c2)c2ccc3ccccc3c2-c2c(P(c3cc(C(C)(C)C)cc(C(C)(C)C)c3)c3cc(C(C)(C)C)cc(C(C)(C)C)c3)ccc3ccccc23)cc1C. The molecule has 0 amide bonds. The lowest BCUT2D eigenvalue weighted by Crippen LogP contribution is -2.29. The minimum Gasteiger partial charge on any atom is -0.496 e. The van der Waals surface area contributed by atoms with Gasteiger partial charge in [0, 0.05) is 0 Å². The van der Waals surface area contributed by atoms with E-state index < -0.39 is 15.8 Å². The van der Waals surface area contributed by atoms with Gasteiger partial charge in [-0.15, -0.1) is 0 Å². The molecule has 0 aliphatic carbocycles. The molecule has 8 aromatic rings. The topological polar surface area (TPSA) is 18.5 Å². The Morgan fingerprint density at radius 2 is 0.600 bits per heavy atom. The molecule has 8 rings (SSSR count). The summed E-state index contributed by atoms with van der Waals surface area (Å²) in [6.07, 6.45) is 0. The lowest BCUT2D eigenvalue weighted by molar-refractivity contribution is 0.408. The predicted molar refractivity (Wildman–Crippen MR) is 311 cm³/mol. The molecule has 0 saturated carbocycles. The summed E-state index contributed by atoms with van der Waals surface area (Å²) in [7, 11) is 1.26. The highest BCUT2D eigenvalue weighted by Gasteiger charge is 2.33. The van der Waals surface area contributed by atoms with E-state index in [-0.39, 0.29) is 21.7 Å². The van der Waals surface area contributed by atoms with Gasteiger partial charge in [-0.05, 0) is 198 Å². The van der Waals surface area contributed by atoms with E-state index in [0.29, 0.717) is 0 Å². The summed E-state index contributed by atoms with van der Waals surface area (Å²) in [6, 6.07) is 52.8. The molecule has 362 valence electrons. The van der Waals surface area contributed by atoms with Crippen LogP contribution in [0.4, 0.5) is 0 Å². The van der Waals surface area contributed by atoms with Crippen LogP contribution in [-0.4, -0.2) is 14.2 Å². The van der Waals surface area contributed by atoms with Gasteiger partial charge in [0.05, 0.1) is 14.2 Å². The van der Waals surface area contributed by atoms with Gasteiger partial charge in [-0.3, -0.25) is 0 Å². The highest BCUT2D eigenvalue weighted by atomic mass is 31.1. The number of hydrogen-bond donors (Lipinski definition) is 0. The summed E-state index contributed by atoms with van der Waals surface area (Å²) in [5, 5.41) is 13.1. The van der Waals surface area contributed by atoms with E-state index in [2.05, 4.69) is 244 Å². The van der Waals surface area contributed by atoms with Crippen molar-refractivity contribution in [2.45, 2.75) is 132 Å². The molecule has 0 saturated heterocycles. The number of rotatable bonds is 9. The van der Waals surface area contributed by atoms with E-state index in [1.54, 1.807) is 14.2 Å². The van der Waals surface area contributed by atoms with Gasteiger partial charge in [-0.25, -0.2) is 0 Å². The Morgan fingerprint density at radius 3 is 0.871 bits per heavy atom. The van der Waals surface area contributed by atoms with Crippen LogP contribution in [0.1, 0.15) is 128 Å². The van der Waals surface area contributed by atoms with E-state index >= 15 is 0 Å². The summed E-state index contributed by atoms with van der Waals surface area (Å²) < 4.78 is 12.1. The average molecular weight is 963 g/mol.